The Balaban J connectivity index is 1.80. The molecule has 2 aromatic rings. The Morgan fingerprint density at radius 2 is 1.85 bits per heavy atom. The molecule has 0 aromatic heterocycles. The van der Waals surface area contributed by atoms with Gasteiger partial charge in [0.2, 0.25) is 5.91 Å². The van der Waals surface area contributed by atoms with E-state index in [9.17, 15) is 18.0 Å². The van der Waals surface area contributed by atoms with Crippen molar-refractivity contribution < 1.29 is 18.0 Å². The van der Waals surface area contributed by atoms with E-state index in [1.54, 1.807) is 23.1 Å². The van der Waals surface area contributed by atoms with E-state index in [2.05, 4.69) is 5.32 Å². The summed E-state index contributed by atoms with van der Waals surface area (Å²) in [7, 11) is -3.38. The van der Waals surface area contributed by atoms with Crippen molar-refractivity contribution in [1.29, 1.82) is 0 Å². The van der Waals surface area contributed by atoms with Gasteiger partial charge in [0.05, 0.1) is 4.90 Å². The van der Waals surface area contributed by atoms with Gasteiger partial charge >= 0.3 is 0 Å². The Labute approximate surface area is 159 Å². The van der Waals surface area contributed by atoms with E-state index in [1.165, 1.54) is 12.1 Å². The van der Waals surface area contributed by atoms with Crippen LogP contribution in [0.15, 0.2) is 47.4 Å². The second kappa shape index (κ2) is 7.15. The number of fused-ring (bicyclic) bond motifs is 1. The summed E-state index contributed by atoms with van der Waals surface area (Å²) in [6.07, 6.45) is 1.84. The second-order valence-corrected chi connectivity index (χ2v) is 9.01. The standard InChI is InChI=1S/C20H22N2O4S/c1-13(2)20(24)22-10-9-14-11-16(7-8-18(14)22)21-19(23)15-5-4-6-17(12-15)27(3,25)26/h4-8,11-13H,9-10H2,1-3H3,(H,21,23). The molecule has 0 unspecified atom stereocenters. The summed E-state index contributed by atoms with van der Waals surface area (Å²) >= 11 is 0. The molecule has 1 aliphatic rings. The first-order valence-electron chi connectivity index (χ1n) is 8.72. The number of hydrogen-bond acceptors (Lipinski definition) is 4. The zero-order valence-corrected chi connectivity index (χ0v) is 16.3. The van der Waals surface area contributed by atoms with Crippen molar-refractivity contribution in [1.82, 2.24) is 0 Å². The Hall–Kier alpha value is -2.67. The van der Waals surface area contributed by atoms with Gasteiger partial charge in [-0.1, -0.05) is 19.9 Å². The Bertz CT molecular complexity index is 1010. The summed E-state index contributed by atoms with van der Waals surface area (Å²) in [6.45, 7) is 4.39. The zero-order valence-electron chi connectivity index (χ0n) is 15.5. The van der Waals surface area contributed by atoms with Gasteiger partial charge in [-0.05, 0) is 48.4 Å². The van der Waals surface area contributed by atoms with E-state index in [0.29, 0.717) is 12.2 Å². The third-order valence-electron chi connectivity index (χ3n) is 4.52. The van der Waals surface area contributed by atoms with Gasteiger partial charge in [0.15, 0.2) is 9.84 Å². The normalized spacial score (nSPS) is 13.6. The Morgan fingerprint density at radius 3 is 2.52 bits per heavy atom. The lowest BCUT2D eigenvalue weighted by Gasteiger charge is -2.19. The number of amides is 2. The molecule has 0 saturated heterocycles. The van der Waals surface area contributed by atoms with E-state index >= 15 is 0 Å². The highest BCUT2D eigenvalue weighted by atomic mass is 32.2. The first kappa shape index (κ1) is 19.1. The monoisotopic (exact) mass is 386 g/mol. The minimum atomic E-state index is -3.38. The molecule has 0 saturated carbocycles. The van der Waals surface area contributed by atoms with Crippen LogP contribution in [0.25, 0.3) is 0 Å². The number of benzene rings is 2. The number of carbonyl (C=O) groups excluding carboxylic acids is 2. The van der Waals surface area contributed by atoms with Crippen LogP contribution in [0.1, 0.15) is 29.8 Å². The predicted octanol–water partition coefficient (Wildman–Crippen LogP) is 2.89. The first-order valence-corrected chi connectivity index (χ1v) is 10.6. The molecule has 27 heavy (non-hydrogen) atoms. The molecule has 0 fully saturated rings. The van der Waals surface area contributed by atoms with Gasteiger partial charge in [-0.15, -0.1) is 0 Å². The fourth-order valence-electron chi connectivity index (χ4n) is 3.09. The smallest absolute Gasteiger partial charge is 0.255 e. The number of nitrogens with one attached hydrogen (secondary N) is 1. The molecule has 0 atom stereocenters. The van der Waals surface area contributed by atoms with Crippen LogP contribution in [0, 0.1) is 5.92 Å². The largest absolute Gasteiger partial charge is 0.322 e. The maximum absolute atomic E-state index is 12.5. The van der Waals surface area contributed by atoms with E-state index in [4.69, 9.17) is 0 Å². The van der Waals surface area contributed by atoms with Gasteiger partial charge in [-0.3, -0.25) is 9.59 Å². The van der Waals surface area contributed by atoms with Crippen LogP contribution in [0.2, 0.25) is 0 Å². The summed E-state index contributed by atoms with van der Waals surface area (Å²) in [5.74, 6) is -0.367. The highest BCUT2D eigenvalue weighted by Gasteiger charge is 2.26. The van der Waals surface area contributed by atoms with Gasteiger partial charge in [-0.25, -0.2) is 8.42 Å². The number of nitrogens with zero attached hydrogens (tertiary/aromatic N) is 1. The van der Waals surface area contributed by atoms with Crippen molar-refractivity contribution in [3.8, 4) is 0 Å². The number of rotatable bonds is 4. The van der Waals surface area contributed by atoms with Gasteiger partial charge < -0.3 is 10.2 Å². The molecule has 1 heterocycles. The number of sulfone groups is 1. The number of hydrogen-bond donors (Lipinski definition) is 1. The van der Waals surface area contributed by atoms with Gasteiger partial charge in [0.25, 0.3) is 5.91 Å². The van der Waals surface area contributed by atoms with E-state index in [-0.39, 0.29) is 28.2 Å². The quantitative estimate of drug-likeness (QED) is 0.876. The molecular weight excluding hydrogens is 364 g/mol. The molecule has 2 aromatic carbocycles. The summed E-state index contributed by atoms with van der Waals surface area (Å²) in [5.41, 5.74) is 2.77. The summed E-state index contributed by atoms with van der Waals surface area (Å²) < 4.78 is 23.3. The lowest BCUT2D eigenvalue weighted by Crippen LogP contribution is -2.32. The maximum Gasteiger partial charge on any atom is 0.255 e. The summed E-state index contributed by atoms with van der Waals surface area (Å²) in [5, 5.41) is 2.80. The van der Waals surface area contributed by atoms with Gasteiger partial charge in [0.1, 0.15) is 0 Å². The van der Waals surface area contributed by atoms with Crippen molar-refractivity contribution in [3.63, 3.8) is 0 Å². The van der Waals surface area contributed by atoms with E-state index in [0.717, 1.165) is 23.9 Å². The molecule has 0 radical (unpaired) electrons. The first-order chi connectivity index (χ1) is 12.7. The molecule has 6 nitrogen and oxygen atoms in total. The van der Waals surface area contributed by atoms with Crippen molar-refractivity contribution >= 4 is 33.0 Å². The molecule has 3 rings (SSSR count). The minimum Gasteiger partial charge on any atom is -0.322 e. The molecule has 0 bridgehead atoms. The average molecular weight is 386 g/mol. The van der Waals surface area contributed by atoms with Crippen LogP contribution in [0.3, 0.4) is 0 Å². The van der Waals surface area contributed by atoms with Crippen LogP contribution in [0.4, 0.5) is 11.4 Å². The van der Waals surface area contributed by atoms with Crippen molar-refractivity contribution in [2.75, 3.05) is 23.0 Å². The van der Waals surface area contributed by atoms with Crippen LogP contribution >= 0.6 is 0 Å². The second-order valence-electron chi connectivity index (χ2n) is 6.99. The third-order valence-corrected chi connectivity index (χ3v) is 5.63. The Kier molecular flexibility index (Phi) is 5.06. The molecule has 2 amide bonds. The predicted molar refractivity (Wildman–Crippen MR) is 105 cm³/mol. The van der Waals surface area contributed by atoms with Crippen LogP contribution < -0.4 is 10.2 Å². The minimum absolute atomic E-state index is 0.0718. The molecular formula is C20H22N2O4S. The number of anilines is 2. The molecule has 142 valence electrons. The highest BCUT2D eigenvalue weighted by Crippen LogP contribution is 2.31. The summed E-state index contributed by atoms with van der Waals surface area (Å²) in [4.78, 5) is 26.6. The molecule has 1 aliphatic heterocycles. The van der Waals surface area contributed by atoms with Gasteiger partial charge in [-0.2, -0.15) is 0 Å². The van der Waals surface area contributed by atoms with E-state index in [1.807, 2.05) is 26.0 Å². The summed E-state index contributed by atoms with van der Waals surface area (Å²) in [6, 6.07) is 11.4. The van der Waals surface area contributed by atoms with Crippen molar-refractivity contribution in [2.45, 2.75) is 25.2 Å². The van der Waals surface area contributed by atoms with Crippen LogP contribution in [-0.2, 0) is 21.1 Å². The molecule has 0 aliphatic carbocycles. The zero-order chi connectivity index (χ0) is 19.8. The van der Waals surface area contributed by atoms with Gasteiger partial charge in [0, 0.05) is 35.7 Å². The average Bonchev–Trinajstić information content (AvgIpc) is 3.03. The van der Waals surface area contributed by atoms with Crippen LogP contribution in [-0.4, -0.2) is 33.0 Å². The SMILES string of the molecule is CC(C)C(=O)N1CCc2cc(NC(=O)c3cccc(S(C)(=O)=O)c3)ccc21. The molecule has 7 heteroatoms. The molecule has 1 N–H and O–H groups in total. The topological polar surface area (TPSA) is 83.6 Å². The lowest BCUT2D eigenvalue weighted by molar-refractivity contribution is -0.121. The lowest BCUT2D eigenvalue weighted by atomic mass is 10.1. The van der Waals surface area contributed by atoms with Crippen LogP contribution in [0.5, 0.6) is 0 Å². The van der Waals surface area contributed by atoms with Crippen molar-refractivity contribution in [3.05, 3.63) is 53.6 Å². The maximum atomic E-state index is 12.5. The highest BCUT2D eigenvalue weighted by molar-refractivity contribution is 7.90. The Morgan fingerprint density at radius 1 is 1.11 bits per heavy atom. The third kappa shape index (κ3) is 4.03. The molecule has 0 spiro atoms. The van der Waals surface area contributed by atoms with E-state index < -0.39 is 9.84 Å². The fourth-order valence-corrected chi connectivity index (χ4v) is 3.76. The van der Waals surface area contributed by atoms with Crippen molar-refractivity contribution in [2.24, 2.45) is 5.92 Å². The number of carbonyl (C=O) groups is 2. The fraction of sp³-hybridized carbons (Fsp3) is 0.300.